The first-order chi connectivity index (χ1) is 17.5. The molecule has 3 heterocycles. The monoisotopic (exact) mass is 488 g/mol. The van der Waals surface area contributed by atoms with Gasteiger partial charge in [0.05, 0.1) is 24.9 Å². The molecule has 0 amide bonds. The van der Waals surface area contributed by atoms with Gasteiger partial charge in [-0.1, -0.05) is 30.3 Å². The third-order valence-corrected chi connectivity index (χ3v) is 9.48. The lowest BCUT2D eigenvalue weighted by Crippen LogP contribution is -2.71. The van der Waals surface area contributed by atoms with Gasteiger partial charge >= 0.3 is 0 Å². The highest BCUT2D eigenvalue weighted by Crippen LogP contribution is 2.64. The van der Waals surface area contributed by atoms with Crippen molar-refractivity contribution in [3.63, 3.8) is 0 Å². The predicted molar refractivity (Wildman–Crippen MR) is 142 cm³/mol. The lowest BCUT2D eigenvalue weighted by atomic mass is 9.48. The van der Waals surface area contributed by atoms with Gasteiger partial charge in [-0.2, -0.15) is 0 Å². The van der Waals surface area contributed by atoms with E-state index in [0.29, 0.717) is 31.1 Å². The second-order valence-corrected chi connectivity index (χ2v) is 11.9. The summed E-state index contributed by atoms with van der Waals surface area (Å²) in [5.41, 5.74) is 6.83. The van der Waals surface area contributed by atoms with E-state index in [2.05, 4.69) is 75.6 Å². The Morgan fingerprint density at radius 3 is 2.58 bits per heavy atom. The van der Waals surface area contributed by atoms with E-state index in [9.17, 15) is 9.50 Å². The molecule has 3 N–H and O–H groups in total. The number of benzene rings is 2. The van der Waals surface area contributed by atoms with Gasteiger partial charge in [-0.15, -0.1) is 0 Å². The van der Waals surface area contributed by atoms with E-state index in [0.717, 1.165) is 24.6 Å². The molecule has 6 heteroatoms. The second kappa shape index (κ2) is 8.57. The van der Waals surface area contributed by atoms with Crippen LogP contribution in [0.2, 0.25) is 0 Å². The van der Waals surface area contributed by atoms with E-state index in [1.165, 1.54) is 47.0 Å². The first kappa shape index (κ1) is 22.8. The third-order valence-electron chi connectivity index (χ3n) is 9.48. The van der Waals surface area contributed by atoms with Gasteiger partial charge in [0.2, 0.25) is 0 Å². The SMILES string of the molecule is C[C@@H]1Cc2c([nH]c3ccccc23)[C@@H](c2ccc(N[C@@H]3CN(CCCF)C[C@@H]3O)cc2)N1C12CC(C1)C2. The topological polar surface area (TPSA) is 54.5 Å². The first-order valence-corrected chi connectivity index (χ1v) is 13.8. The molecule has 8 rings (SSSR count). The van der Waals surface area contributed by atoms with Gasteiger partial charge in [0.15, 0.2) is 0 Å². The molecule has 4 atom stereocenters. The number of β-amino-alcohol motifs (C(OH)–C–C–N with tert-alkyl or cyclic N) is 1. The highest BCUT2D eigenvalue weighted by atomic mass is 19.1. The highest BCUT2D eigenvalue weighted by molar-refractivity contribution is 5.85. The molecule has 1 saturated heterocycles. The number of para-hydroxylation sites is 1. The number of hydrogen-bond donors (Lipinski definition) is 3. The van der Waals surface area contributed by atoms with Crippen LogP contribution < -0.4 is 5.32 Å². The third kappa shape index (κ3) is 3.52. The van der Waals surface area contributed by atoms with E-state index < -0.39 is 6.10 Å². The van der Waals surface area contributed by atoms with Crippen LogP contribution in [0.15, 0.2) is 48.5 Å². The molecular formula is C30H37FN4O. The zero-order valence-electron chi connectivity index (χ0n) is 21.1. The van der Waals surface area contributed by atoms with Gasteiger partial charge in [0, 0.05) is 53.5 Å². The number of nitrogens with zero attached hydrogens (tertiary/aromatic N) is 2. The van der Waals surface area contributed by atoms with Crippen molar-refractivity contribution in [3.05, 3.63) is 65.4 Å². The van der Waals surface area contributed by atoms with Gasteiger partial charge in [0.25, 0.3) is 0 Å². The van der Waals surface area contributed by atoms with Crippen molar-refractivity contribution in [2.45, 2.75) is 68.8 Å². The predicted octanol–water partition coefficient (Wildman–Crippen LogP) is 4.87. The number of H-pyrrole nitrogens is 1. The molecule has 0 spiro atoms. The van der Waals surface area contributed by atoms with Crippen molar-refractivity contribution >= 4 is 16.6 Å². The Morgan fingerprint density at radius 2 is 1.86 bits per heavy atom. The average molecular weight is 489 g/mol. The summed E-state index contributed by atoms with van der Waals surface area (Å²) in [7, 11) is 0. The number of aromatic nitrogens is 1. The van der Waals surface area contributed by atoms with Gasteiger partial charge in [-0.3, -0.25) is 14.2 Å². The van der Waals surface area contributed by atoms with Crippen molar-refractivity contribution in [1.29, 1.82) is 0 Å². The Balaban J connectivity index is 1.18. The minimum absolute atomic E-state index is 0.0252. The van der Waals surface area contributed by atoms with Crippen molar-refractivity contribution in [2.75, 3.05) is 31.6 Å². The molecule has 5 aliphatic rings. The smallest absolute Gasteiger partial charge is 0.0906 e. The number of nitrogens with one attached hydrogen (secondary N) is 2. The van der Waals surface area contributed by atoms with E-state index >= 15 is 0 Å². The second-order valence-electron chi connectivity index (χ2n) is 11.9. The fourth-order valence-corrected chi connectivity index (χ4v) is 7.73. The summed E-state index contributed by atoms with van der Waals surface area (Å²) in [4.78, 5) is 8.83. The molecule has 1 aromatic heterocycles. The number of aromatic amines is 1. The van der Waals surface area contributed by atoms with Gasteiger partial charge in [-0.05, 0) is 74.3 Å². The fourth-order valence-electron chi connectivity index (χ4n) is 7.73. The molecular weight excluding hydrogens is 451 g/mol. The molecule has 0 radical (unpaired) electrons. The van der Waals surface area contributed by atoms with Crippen molar-refractivity contribution in [2.24, 2.45) is 5.92 Å². The molecule has 2 aliphatic heterocycles. The molecule has 0 unspecified atom stereocenters. The number of fused-ring (bicyclic) bond motifs is 3. The van der Waals surface area contributed by atoms with Crippen LogP contribution in [0, 0.1) is 5.92 Å². The van der Waals surface area contributed by atoms with Crippen molar-refractivity contribution in [1.82, 2.24) is 14.8 Å². The number of aliphatic hydroxyl groups excluding tert-OH is 1. The van der Waals surface area contributed by atoms with Crippen LogP contribution in [-0.2, 0) is 6.42 Å². The van der Waals surface area contributed by atoms with Crippen LogP contribution in [-0.4, -0.2) is 69.9 Å². The molecule has 5 nitrogen and oxygen atoms in total. The van der Waals surface area contributed by atoms with Crippen LogP contribution >= 0.6 is 0 Å². The number of likely N-dealkylation sites (tertiary alicyclic amines) is 1. The summed E-state index contributed by atoms with van der Waals surface area (Å²) in [6.07, 6.45) is 5.24. The lowest BCUT2D eigenvalue weighted by molar-refractivity contribution is -0.174. The van der Waals surface area contributed by atoms with Crippen LogP contribution in [0.25, 0.3) is 10.9 Å². The van der Waals surface area contributed by atoms with E-state index in [4.69, 9.17) is 0 Å². The molecule has 190 valence electrons. The molecule has 2 bridgehead atoms. The quantitative estimate of drug-likeness (QED) is 0.444. The normalized spacial score (nSPS) is 33.8. The number of anilines is 1. The number of halogens is 1. The summed E-state index contributed by atoms with van der Waals surface area (Å²) < 4.78 is 12.6. The fraction of sp³-hybridized carbons (Fsp3) is 0.533. The highest BCUT2D eigenvalue weighted by Gasteiger charge is 2.63. The molecule has 36 heavy (non-hydrogen) atoms. The van der Waals surface area contributed by atoms with E-state index in [1.54, 1.807) is 0 Å². The molecule has 3 aromatic rings. The largest absolute Gasteiger partial charge is 0.390 e. The van der Waals surface area contributed by atoms with Crippen LogP contribution in [0.5, 0.6) is 0 Å². The lowest BCUT2D eigenvalue weighted by Gasteiger charge is -2.70. The molecule has 4 fully saturated rings. The summed E-state index contributed by atoms with van der Waals surface area (Å²) in [6, 6.07) is 18.4. The Bertz CT molecular complexity index is 1240. The number of aliphatic hydroxyl groups is 1. The Hall–Kier alpha value is -2.41. The first-order valence-electron chi connectivity index (χ1n) is 13.8. The Morgan fingerprint density at radius 1 is 1.08 bits per heavy atom. The summed E-state index contributed by atoms with van der Waals surface area (Å²) in [5, 5.41) is 15.4. The van der Waals surface area contributed by atoms with Crippen LogP contribution in [0.1, 0.15) is 55.5 Å². The minimum Gasteiger partial charge on any atom is -0.390 e. The maximum atomic E-state index is 12.6. The van der Waals surface area contributed by atoms with Gasteiger partial charge in [-0.25, -0.2) is 0 Å². The minimum atomic E-state index is -0.433. The van der Waals surface area contributed by atoms with Gasteiger partial charge < -0.3 is 15.4 Å². The van der Waals surface area contributed by atoms with E-state index in [-0.39, 0.29) is 18.8 Å². The van der Waals surface area contributed by atoms with Crippen molar-refractivity contribution in [3.8, 4) is 0 Å². The number of hydrogen-bond acceptors (Lipinski definition) is 4. The van der Waals surface area contributed by atoms with Gasteiger partial charge in [0.1, 0.15) is 0 Å². The Labute approximate surface area is 212 Å². The van der Waals surface area contributed by atoms with Crippen molar-refractivity contribution < 1.29 is 9.50 Å². The Kier molecular flexibility index (Phi) is 5.42. The standard InChI is InChI=1S/C30H37FN4O/c1-19-13-24-23-5-2-3-6-25(23)33-28(24)29(35(19)30-14-20(15-30)16-30)21-7-9-22(10-8-21)32-26-17-34(12-4-11-31)18-27(26)36/h2-3,5-10,19-20,26-27,29,32-33,36H,4,11-18H2,1H3/t19-,20?,26-,27+,29-,30?/m1/s1. The maximum Gasteiger partial charge on any atom is 0.0906 e. The zero-order valence-corrected chi connectivity index (χ0v) is 21.1. The summed E-state index contributed by atoms with van der Waals surface area (Å²) >= 11 is 0. The van der Waals surface area contributed by atoms with Crippen LogP contribution in [0.4, 0.5) is 10.1 Å². The average Bonchev–Trinajstić information content (AvgIpc) is 3.36. The van der Waals surface area contributed by atoms with E-state index in [1.807, 2.05) is 0 Å². The van der Waals surface area contributed by atoms with Crippen LogP contribution in [0.3, 0.4) is 0 Å². The number of alkyl halides is 1. The summed E-state index contributed by atoms with van der Waals surface area (Å²) in [5.74, 6) is 0.941. The zero-order chi connectivity index (χ0) is 24.4. The molecule has 3 aliphatic carbocycles. The molecule has 2 aromatic carbocycles. The summed E-state index contributed by atoms with van der Waals surface area (Å²) in [6.45, 7) is 4.18. The number of rotatable bonds is 7. The maximum absolute atomic E-state index is 12.6. The molecule has 3 saturated carbocycles.